The summed E-state index contributed by atoms with van der Waals surface area (Å²) < 4.78 is 5.62. The first-order valence-electron chi connectivity index (χ1n) is 6.25. The first-order chi connectivity index (χ1) is 7.22. The fraction of sp³-hybridized carbons (Fsp3) is 1.00. The zero-order chi connectivity index (χ0) is 11.1. The van der Waals surface area contributed by atoms with Gasteiger partial charge in [-0.2, -0.15) is 0 Å². The minimum Gasteiger partial charge on any atom is -0.391 e. The molecule has 0 spiro atoms. The number of rotatable bonds is 6. The lowest BCUT2D eigenvalue weighted by Gasteiger charge is -2.29. The van der Waals surface area contributed by atoms with Crippen LogP contribution < -0.4 is 5.32 Å². The van der Waals surface area contributed by atoms with E-state index in [9.17, 15) is 0 Å². The van der Waals surface area contributed by atoms with E-state index in [2.05, 4.69) is 12.2 Å². The zero-order valence-corrected chi connectivity index (χ0v) is 10.0. The Morgan fingerprint density at radius 3 is 2.53 bits per heavy atom. The zero-order valence-electron chi connectivity index (χ0n) is 10.0. The predicted molar refractivity (Wildman–Crippen MR) is 62.0 cm³/mol. The third kappa shape index (κ3) is 5.50. The lowest BCUT2D eigenvalue weighted by molar-refractivity contribution is -0.0213. The molecule has 0 bridgehead atoms. The summed E-state index contributed by atoms with van der Waals surface area (Å²) in [5.74, 6) is 0. The average Bonchev–Trinajstić information content (AvgIpc) is 2.25. The number of ether oxygens (including phenoxy) is 1. The van der Waals surface area contributed by atoms with E-state index in [1.165, 1.54) is 19.3 Å². The molecule has 0 aromatic heterocycles. The van der Waals surface area contributed by atoms with Crippen LogP contribution in [-0.2, 0) is 4.74 Å². The summed E-state index contributed by atoms with van der Waals surface area (Å²) in [5.41, 5.74) is 0. The molecule has 2 N–H and O–H groups in total. The molecule has 0 saturated heterocycles. The Morgan fingerprint density at radius 2 is 2.00 bits per heavy atom. The Morgan fingerprint density at radius 1 is 1.33 bits per heavy atom. The Kier molecular flexibility index (Phi) is 6.22. The van der Waals surface area contributed by atoms with Gasteiger partial charge < -0.3 is 15.2 Å². The summed E-state index contributed by atoms with van der Waals surface area (Å²) in [6.07, 6.45) is 5.94. The van der Waals surface area contributed by atoms with Gasteiger partial charge in [0.1, 0.15) is 0 Å². The monoisotopic (exact) mass is 215 g/mol. The van der Waals surface area contributed by atoms with Crippen LogP contribution >= 0.6 is 0 Å². The van der Waals surface area contributed by atoms with Crippen LogP contribution in [0.2, 0.25) is 0 Å². The van der Waals surface area contributed by atoms with E-state index in [4.69, 9.17) is 9.84 Å². The molecule has 1 aliphatic carbocycles. The number of hydrogen-bond acceptors (Lipinski definition) is 3. The molecule has 1 saturated carbocycles. The lowest BCUT2D eigenvalue weighted by atomic mass is 9.93. The summed E-state index contributed by atoms with van der Waals surface area (Å²) in [4.78, 5) is 0. The van der Waals surface area contributed by atoms with Crippen molar-refractivity contribution in [1.29, 1.82) is 0 Å². The van der Waals surface area contributed by atoms with Crippen LogP contribution in [0.15, 0.2) is 0 Å². The molecular weight excluding hydrogens is 190 g/mol. The molecule has 1 unspecified atom stereocenters. The van der Waals surface area contributed by atoms with Gasteiger partial charge in [-0.3, -0.25) is 0 Å². The number of hydrogen-bond donors (Lipinski definition) is 2. The van der Waals surface area contributed by atoms with E-state index in [0.717, 1.165) is 19.4 Å². The number of nitrogens with one attached hydrogen (secondary N) is 1. The molecule has 1 aliphatic rings. The molecule has 1 atom stereocenters. The lowest BCUT2D eigenvalue weighted by Crippen LogP contribution is -2.36. The van der Waals surface area contributed by atoms with Gasteiger partial charge in [-0.25, -0.2) is 0 Å². The third-order valence-corrected chi connectivity index (χ3v) is 2.93. The van der Waals surface area contributed by atoms with E-state index in [-0.39, 0.29) is 6.10 Å². The van der Waals surface area contributed by atoms with Crippen LogP contribution in [0.4, 0.5) is 0 Å². The summed E-state index contributed by atoms with van der Waals surface area (Å²) >= 11 is 0. The molecule has 3 nitrogen and oxygen atoms in total. The standard InChI is InChI=1S/C12H25NO2/c1-3-8-13-11-4-6-12(7-5-11)15-9-10(2)14/h10-14H,3-9H2,1-2H3. The highest BCUT2D eigenvalue weighted by molar-refractivity contribution is 4.77. The topological polar surface area (TPSA) is 41.5 Å². The quantitative estimate of drug-likeness (QED) is 0.708. The Bertz CT molecular complexity index is 154. The van der Waals surface area contributed by atoms with Gasteiger partial charge >= 0.3 is 0 Å². The summed E-state index contributed by atoms with van der Waals surface area (Å²) in [5, 5.41) is 12.7. The van der Waals surface area contributed by atoms with Crippen LogP contribution in [0.3, 0.4) is 0 Å². The molecule has 0 radical (unpaired) electrons. The smallest absolute Gasteiger partial charge is 0.0745 e. The van der Waals surface area contributed by atoms with Crippen molar-refractivity contribution in [3.05, 3.63) is 0 Å². The Labute approximate surface area is 93.2 Å². The van der Waals surface area contributed by atoms with Gasteiger partial charge in [0.15, 0.2) is 0 Å². The van der Waals surface area contributed by atoms with Crippen LogP contribution in [0.5, 0.6) is 0 Å². The average molecular weight is 215 g/mol. The maximum Gasteiger partial charge on any atom is 0.0745 e. The first kappa shape index (κ1) is 12.9. The highest BCUT2D eigenvalue weighted by Gasteiger charge is 2.21. The van der Waals surface area contributed by atoms with Crippen LogP contribution in [0, 0.1) is 0 Å². The van der Waals surface area contributed by atoms with Gasteiger partial charge in [-0.15, -0.1) is 0 Å². The molecular formula is C12H25NO2. The second-order valence-electron chi connectivity index (χ2n) is 4.61. The van der Waals surface area contributed by atoms with Crippen molar-refractivity contribution in [2.24, 2.45) is 0 Å². The SMILES string of the molecule is CCCNC1CCC(OCC(C)O)CC1. The Balaban J connectivity index is 2.07. The van der Waals surface area contributed by atoms with Gasteiger partial charge in [0.2, 0.25) is 0 Å². The summed E-state index contributed by atoms with van der Waals surface area (Å²) in [6, 6.07) is 0.691. The second kappa shape index (κ2) is 7.20. The van der Waals surface area contributed by atoms with Gasteiger partial charge in [0.05, 0.1) is 18.8 Å². The van der Waals surface area contributed by atoms with E-state index >= 15 is 0 Å². The molecule has 1 rings (SSSR count). The maximum absolute atomic E-state index is 9.11. The van der Waals surface area contributed by atoms with Crippen molar-refractivity contribution < 1.29 is 9.84 Å². The van der Waals surface area contributed by atoms with Gasteiger partial charge in [-0.05, 0) is 45.6 Å². The van der Waals surface area contributed by atoms with Gasteiger partial charge in [0.25, 0.3) is 0 Å². The molecule has 1 fully saturated rings. The van der Waals surface area contributed by atoms with Gasteiger partial charge in [-0.1, -0.05) is 6.92 Å². The van der Waals surface area contributed by atoms with Crippen molar-refractivity contribution >= 4 is 0 Å². The Hall–Kier alpha value is -0.120. The van der Waals surface area contributed by atoms with Crippen LogP contribution in [0.25, 0.3) is 0 Å². The van der Waals surface area contributed by atoms with Crippen molar-refractivity contribution in [3.8, 4) is 0 Å². The van der Waals surface area contributed by atoms with Gasteiger partial charge in [0, 0.05) is 6.04 Å². The van der Waals surface area contributed by atoms with Crippen molar-refractivity contribution in [2.45, 2.75) is 64.2 Å². The predicted octanol–water partition coefficient (Wildman–Crippen LogP) is 1.69. The minimum absolute atomic E-state index is 0.332. The fourth-order valence-electron chi connectivity index (χ4n) is 2.06. The van der Waals surface area contributed by atoms with E-state index < -0.39 is 0 Å². The summed E-state index contributed by atoms with van der Waals surface area (Å²) in [7, 11) is 0. The fourth-order valence-corrected chi connectivity index (χ4v) is 2.06. The molecule has 0 amide bonds. The van der Waals surface area contributed by atoms with Crippen molar-refractivity contribution in [2.75, 3.05) is 13.2 Å². The number of aliphatic hydroxyl groups is 1. The number of aliphatic hydroxyl groups excluding tert-OH is 1. The third-order valence-electron chi connectivity index (χ3n) is 2.93. The van der Waals surface area contributed by atoms with Crippen LogP contribution in [0.1, 0.15) is 46.0 Å². The minimum atomic E-state index is -0.332. The molecule has 0 aliphatic heterocycles. The van der Waals surface area contributed by atoms with E-state index in [1.54, 1.807) is 6.92 Å². The second-order valence-corrected chi connectivity index (χ2v) is 4.61. The van der Waals surface area contributed by atoms with Crippen molar-refractivity contribution in [3.63, 3.8) is 0 Å². The first-order valence-corrected chi connectivity index (χ1v) is 6.25. The molecule has 0 aromatic rings. The molecule has 90 valence electrons. The van der Waals surface area contributed by atoms with E-state index in [0.29, 0.717) is 18.8 Å². The highest BCUT2D eigenvalue weighted by Crippen LogP contribution is 2.21. The highest BCUT2D eigenvalue weighted by atomic mass is 16.5. The van der Waals surface area contributed by atoms with Crippen molar-refractivity contribution in [1.82, 2.24) is 5.32 Å². The maximum atomic E-state index is 9.11. The molecule has 3 heteroatoms. The largest absolute Gasteiger partial charge is 0.391 e. The van der Waals surface area contributed by atoms with E-state index in [1.807, 2.05) is 0 Å². The normalized spacial score (nSPS) is 29.0. The summed E-state index contributed by atoms with van der Waals surface area (Å²) in [6.45, 7) is 5.58. The van der Waals surface area contributed by atoms with Crippen LogP contribution in [-0.4, -0.2) is 36.5 Å². The molecule has 0 heterocycles. The molecule has 0 aromatic carbocycles. The molecule has 15 heavy (non-hydrogen) atoms.